The predicted molar refractivity (Wildman–Crippen MR) is 31.8 cm³/mol. The third-order valence-corrected chi connectivity index (χ3v) is 0.539. The van der Waals surface area contributed by atoms with Crippen LogP contribution in [0, 0.1) is 0 Å². The van der Waals surface area contributed by atoms with Crippen LogP contribution in [0.4, 0.5) is 0 Å². The zero-order chi connectivity index (χ0) is 4.99. The van der Waals surface area contributed by atoms with Gasteiger partial charge in [-0.3, -0.25) is 0 Å². The van der Waals surface area contributed by atoms with Crippen LogP contribution in [-0.2, 0) is 0 Å². The van der Waals surface area contributed by atoms with E-state index >= 15 is 0 Å². The summed E-state index contributed by atoms with van der Waals surface area (Å²) < 4.78 is 0. The van der Waals surface area contributed by atoms with E-state index in [1.54, 1.807) is 0 Å². The van der Waals surface area contributed by atoms with Gasteiger partial charge in [0, 0.05) is 6.54 Å². The van der Waals surface area contributed by atoms with Crippen molar-refractivity contribution in [3.05, 3.63) is 11.6 Å². The maximum atomic E-state index is 3.87. The number of nitrogens with one attached hydrogen (secondary N) is 1. The van der Waals surface area contributed by atoms with Crippen LogP contribution >= 0.6 is 12.6 Å². The molecule has 0 saturated heterocycles. The van der Waals surface area contributed by atoms with Crippen molar-refractivity contribution < 1.29 is 0 Å². The van der Waals surface area contributed by atoms with Crippen molar-refractivity contribution in [3.8, 4) is 0 Å². The Labute approximate surface area is 43.8 Å². The van der Waals surface area contributed by atoms with Crippen LogP contribution in [0.15, 0.2) is 11.6 Å². The molecule has 0 unspecified atom stereocenters. The number of rotatable bonds is 2. The van der Waals surface area contributed by atoms with E-state index < -0.39 is 0 Å². The van der Waals surface area contributed by atoms with Gasteiger partial charge in [0.05, 0.1) is 5.03 Å². The number of thiol groups is 1. The van der Waals surface area contributed by atoms with Gasteiger partial charge in [0.1, 0.15) is 0 Å². The monoisotopic (exact) mass is 103 g/mol. The second-order valence-corrected chi connectivity index (χ2v) is 1.52. The highest BCUT2D eigenvalue weighted by Gasteiger charge is 1.71. The Morgan fingerprint density at radius 3 is 2.50 bits per heavy atom. The average molecular weight is 103 g/mol. The Balaban J connectivity index is 2.83. The van der Waals surface area contributed by atoms with Gasteiger partial charge in [-0.25, -0.2) is 0 Å². The van der Waals surface area contributed by atoms with Crippen molar-refractivity contribution in [2.24, 2.45) is 0 Å². The van der Waals surface area contributed by atoms with Crippen LogP contribution in [0.5, 0.6) is 0 Å². The molecule has 0 amide bonds. The molecule has 0 bridgehead atoms. The lowest BCUT2D eigenvalue weighted by atomic mass is 10.7. The molecule has 6 heavy (non-hydrogen) atoms. The summed E-state index contributed by atoms with van der Waals surface area (Å²) in [6.07, 6.45) is 0. The van der Waals surface area contributed by atoms with E-state index in [1.807, 2.05) is 6.92 Å². The van der Waals surface area contributed by atoms with Crippen molar-refractivity contribution in [2.75, 3.05) is 6.54 Å². The fraction of sp³-hybridized carbons (Fsp3) is 0.500. The molecule has 0 spiro atoms. The first-order chi connectivity index (χ1) is 2.77. The smallest absolute Gasteiger partial charge is 0.0576 e. The summed E-state index contributed by atoms with van der Waals surface area (Å²) in [4.78, 5) is 0. The molecule has 0 aromatic heterocycles. The summed E-state index contributed by atoms with van der Waals surface area (Å²) in [6.45, 7) is 6.40. The third-order valence-electron chi connectivity index (χ3n) is 0.381. The zero-order valence-corrected chi connectivity index (χ0v) is 4.76. The maximum Gasteiger partial charge on any atom is 0.0576 e. The molecule has 0 aliphatic heterocycles. The number of hydrogen-bond acceptors (Lipinski definition) is 2. The zero-order valence-electron chi connectivity index (χ0n) is 3.86. The fourth-order valence-corrected chi connectivity index (χ4v) is 0.362. The molecule has 36 valence electrons. The molecule has 0 saturated carbocycles. The first kappa shape index (κ1) is 5.89. The normalized spacial score (nSPS) is 7.67. The summed E-state index contributed by atoms with van der Waals surface area (Å²) in [6, 6.07) is 0. The molecule has 1 N–H and O–H groups in total. The lowest BCUT2D eigenvalue weighted by Crippen LogP contribution is -2.05. The fourth-order valence-electron chi connectivity index (χ4n) is 0.204. The molecule has 0 aromatic carbocycles. The molecule has 1 nitrogen and oxygen atoms in total. The van der Waals surface area contributed by atoms with E-state index in [-0.39, 0.29) is 0 Å². The lowest BCUT2D eigenvalue weighted by molar-refractivity contribution is 0.910. The van der Waals surface area contributed by atoms with Gasteiger partial charge < -0.3 is 5.32 Å². The molecule has 0 radical (unpaired) electrons. The Hall–Kier alpha value is -0.110. The van der Waals surface area contributed by atoms with Crippen molar-refractivity contribution >= 4 is 12.6 Å². The topological polar surface area (TPSA) is 12.0 Å². The lowest BCUT2D eigenvalue weighted by Gasteiger charge is -1.94. The first-order valence-electron chi connectivity index (χ1n) is 1.89. The molecule has 0 aliphatic carbocycles. The number of hydrogen-bond donors (Lipinski definition) is 2. The van der Waals surface area contributed by atoms with Gasteiger partial charge in [-0.15, -0.1) is 12.6 Å². The second kappa shape index (κ2) is 3.09. The minimum Gasteiger partial charge on any atom is -0.381 e. The van der Waals surface area contributed by atoms with Crippen molar-refractivity contribution in [2.45, 2.75) is 6.92 Å². The quantitative estimate of drug-likeness (QED) is 0.497. The molecule has 0 aromatic rings. The van der Waals surface area contributed by atoms with Gasteiger partial charge in [-0.1, -0.05) is 6.58 Å². The molecular formula is C4H9NS. The van der Waals surface area contributed by atoms with Gasteiger partial charge in [0.15, 0.2) is 0 Å². The van der Waals surface area contributed by atoms with Crippen LogP contribution in [-0.4, -0.2) is 6.54 Å². The van der Waals surface area contributed by atoms with Gasteiger partial charge >= 0.3 is 0 Å². The van der Waals surface area contributed by atoms with E-state index in [0.717, 1.165) is 11.6 Å². The summed E-state index contributed by atoms with van der Waals surface area (Å²) >= 11 is 3.87. The van der Waals surface area contributed by atoms with Gasteiger partial charge in [0.25, 0.3) is 0 Å². The molecular weight excluding hydrogens is 94.1 g/mol. The van der Waals surface area contributed by atoms with Crippen LogP contribution in [0.3, 0.4) is 0 Å². The molecule has 0 rings (SSSR count). The maximum absolute atomic E-state index is 3.87. The summed E-state index contributed by atoms with van der Waals surface area (Å²) in [5.74, 6) is 0. The van der Waals surface area contributed by atoms with Crippen LogP contribution < -0.4 is 5.32 Å². The Bertz CT molecular complexity index is 51.5. The summed E-state index contributed by atoms with van der Waals surface area (Å²) in [7, 11) is 0. The minimum absolute atomic E-state index is 0.734. The molecule has 0 atom stereocenters. The summed E-state index contributed by atoms with van der Waals surface area (Å²) in [5.41, 5.74) is 0. The third kappa shape index (κ3) is 3.89. The SMILES string of the molecule is C=C(S)NCC. The molecule has 0 fully saturated rings. The van der Waals surface area contributed by atoms with E-state index in [1.165, 1.54) is 0 Å². The Morgan fingerprint density at radius 2 is 2.50 bits per heavy atom. The minimum atomic E-state index is 0.734. The molecule has 2 heteroatoms. The van der Waals surface area contributed by atoms with E-state index in [0.29, 0.717) is 0 Å². The summed E-state index contributed by atoms with van der Waals surface area (Å²) in [5, 5.41) is 3.61. The van der Waals surface area contributed by atoms with Crippen molar-refractivity contribution in [1.29, 1.82) is 0 Å². The van der Waals surface area contributed by atoms with Gasteiger partial charge in [0.2, 0.25) is 0 Å². The van der Waals surface area contributed by atoms with E-state index in [2.05, 4.69) is 24.5 Å². The predicted octanol–water partition coefficient (Wildman–Crippen LogP) is 0.997. The average Bonchev–Trinajstić information content (AvgIpc) is 1.35. The van der Waals surface area contributed by atoms with Crippen molar-refractivity contribution in [1.82, 2.24) is 5.32 Å². The van der Waals surface area contributed by atoms with E-state index in [9.17, 15) is 0 Å². The largest absolute Gasteiger partial charge is 0.381 e. The van der Waals surface area contributed by atoms with Gasteiger partial charge in [-0.2, -0.15) is 0 Å². The van der Waals surface area contributed by atoms with Crippen LogP contribution in [0.2, 0.25) is 0 Å². The highest BCUT2D eigenvalue weighted by molar-refractivity contribution is 7.84. The standard InChI is InChI=1S/C4H9NS/c1-3-5-4(2)6/h5-6H,2-3H2,1H3. The highest BCUT2D eigenvalue weighted by atomic mass is 32.1. The van der Waals surface area contributed by atoms with Crippen LogP contribution in [0.1, 0.15) is 6.92 Å². The molecule has 0 aliphatic rings. The van der Waals surface area contributed by atoms with Crippen LogP contribution in [0.25, 0.3) is 0 Å². The second-order valence-electron chi connectivity index (χ2n) is 0.977. The van der Waals surface area contributed by atoms with Crippen molar-refractivity contribution in [3.63, 3.8) is 0 Å². The Kier molecular flexibility index (Phi) is 3.04. The first-order valence-corrected chi connectivity index (χ1v) is 2.34. The molecule has 0 heterocycles. The highest BCUT2D eigenvalue weighted by Crippen LogP contribution is 1.84. The van der Waals surface area contributed by atoms with E-state index in [4.69, 9.17) is 0 Å². The Morgan fingerprint density at radius 1 is 2.00 bits per heavy atom. The van der Waals surface area contributed by atoms with Gasteiger partial charge in [-0.05, 0) is 6.92 Å².